The van der Waals surface area contributed by atoms with E-state index in [1.807, 2.05) is 24.3 Å². The van der Waals surface area contributed by atoms with E-state index in [4.69, 9.17) is 0 Å². The van der Waals surface area contributed by atoms with E-state index < -0.39 is 16.0 Å². The van der Waals surface area contributed by atoms with Gasteiger partial charge in [-0.1, -0.05) is 18.2 Å². The van der Waals surface area contributed by atoms with Crippen LogP contribution in [0.15, 0.2) is 24.3 Å². The molecular formula is C13H16N2O4S2. The first-order valence-corrected chi connectivity index (χ1v) is 8.98. The zero-order valence-electron chi connectivity index (χ0n) is 11.4. The highest BCUT2D eigenvalue weighted by molar-refractivity contribution is 7.88. The standard InChI is InChI=1S/C13H16N2O4S2/c1-21(18,19)15-7-6-14-8-10-9-4-2-3-5-11(9)20-12(10)13(16)17/h2-5,14-15H,6-8H2,1H3,(H,16,17). The lowest BCUT2D eigenvalue weighted by Crippen LogP contribution is -2.31. The van der Waals surface area contributed by atoms with Gasteiger partial charge in [0.2, 0.25) is 10.0 Å². The Morgan fingerprint density at radius 2 is 2.00 bits per heavy atom. The van der Waals surface area contributed by atoms with Gasteiger partial charge >= 0.3 is 5.97 Å². The monoisotopic (exact) mass is 328 g/mol. The van der Waals surface area contributed by atoms with Crippen molar-refractivity contribution in [3.63, 3.8) is 0 Å². The Bertz CT molecular complexity index is 753. The average Bonchev–Trinajstić information content (AvgIpc) is 2.76. The first-order valence-electron chi connectivity index (χ1n) is 6.27. The molecule has 114 valence electrons. The lowest BCUT2D eigenvalue weighted by Gasteiger charge is -2.06. The fourth-order valence-corrected chi connectivity index (χ4v) is 3.52. The molecule has 0 saturated heterocycles. The lowest BCUT2D eigenvalue weighted by molar-refractivity contribution is 0.0701. The minimum Gasteiger partial charge on any atom is -0.477 e. The number of thiophene rings is 1. The van der Waals surface area contributed by atoms with Gasteiger partial charge in [-0.15, -0.1) is 11.3 Å². The van der Waals surface area contributed by atoms with Crippen molar-refractivity contribution in [1.29, 1.82) is 0 Å². The molecule has 0 aliphatic heterocycles. The van der Waals surface area contributed by atoms with Gasteiger partial charge in [0, 0.05) is 24.3 Å². The van der Waals surface area contributed by atoms with Crippen LogP contribution in [0.25, 0.3) is 10.1 Å². The highest BCUT2D eigenvalue weighted by atomic mass is 32.2. The molecule has 6 nitrogen and oxygen atoms in total. The minimum atomic E-state index is -3.20. The third-order valence-corrected chi connectivity index (χ3v) is 4.79. The molecular weight excluding hydrogens is 312 g/mol. The topological polar surface area (TPSA) is 95.5 Å². The number of hydrogen-bond donors (Lipinski definition) is 3. The molecule has 0 saturated carbocycles. The number of hydrogen-bond acceptors (Lipinski definition) is 5. The van der Waals surface area contributed by atoms with E-state index in [1.54, 1.807) is 0 Å². The van der Waals surface area contributed by atoms with E-state index in [2.05, 4.69) is 10.0 Å². The van der Waals surface area contributed by atoms with Gasteiger partial charge in [0.1, 0.15) is 4.88 Å². The number of aromatic carboxylic acids is 1. The molecule has 2 aromatic rings. The van der Waals surface area contributed by atoms with Crippen LogP contribution >= 0.6 is 11.3 Å². The maximum Gasteiger partial charge on any atom is 0.346 e. The van der Waals surface area contributed by atoms with Crippen molar-refractivity contribution in [1.82, 2.24) is 10.0 Å². The summed E-state index contributed by atoms with van der Waals surface area (Å²) in [4.78, 5) is 11.6. The zero-order valence-corrected chi connectivity index (χ0v) is 13.1. The molecule has 1 aromatic heterocycles. The van der Waals surface area contributed by atoms with Crippen molar-refractivity contribution in [2.45, 2.75) is 6.54 Å². The largest absolute Gasteiger partial charge is 0.477 e. The third-order valence-electron chi connectivity index (χ3n) is 2.86. The number of sulfonamides is 1. The van der Waals surface area contributed by atoms with Crippen molar-refractivity contribution in [2.24, 2.45) is 0 Å². The molecule has 0 fully saturated rings. The van der Waals surface area contributed by atoms with Gasteiger partial charge in [-0.05, 0) is 17.0 Å². The van der Waals surface area contributed by atoms with Crippen LogP contribution in [-0.2, 0) is 16.6 Å². The summed E-state index contributed by atoms with van der Waals surface area (Å²) in [5, 5.41) is 13.3. The van der Waals surface area contributed by atoms with Gasteiger partial charge in [-0.2, -0.15) is 0 Å². The Kier molecular flexibility index (Phi) is 4.94. The molecule has 3 N–H and O–H groups in total. The molecule has 0 aliphatic rings. The van der Waals surface area contributed by atoms with E-state index in [9.17, 15) is 18.3 Å². The molecule has 1 aromatic carbocycles. The molecule has 0 radical (unpaired) electrons. The van der Waals surface area contributed by atoms with Crippen molar-refractivity contribution in [3.8, 4) is 0 Å². The van der Waals surface area contributed by atoms with E-state index >= 15 is 0 Å². The van der Waals surface area contributed by atoms with Crippen molar-refractivity contribution in [2.75, 3.05) is 19.3 Å². The Labute approximate surface area is 126 Å². The fourth-order valence-electron chi connectivity index (χ4n) is 1.99. The highest BCUT2D eigenvalue weighted by Gasteiger charge is 2.16. The van der Waals surface area contributed by atoms with E-state index in [1.165, 1.54) is 11.3 Å². The van der Waals surface area contributed by atoms with E-state index in [0.29, 0.717) is 18.0 Å². The molecule has 0 bridgehead atoms. The maximum atomic E-state index is 11.3. The van der Waals surface area contributed by atoms with Crippen LogP contribution in [0, 0.1) is 0 Å². The predicted octanol–water partition coefficient (Wildman–Crippen LogP) is 1.24. The van der Waals surface area contributed by atoms with E-state index in [0.717, 1.165) is 21.9 Å². The van der Waals surface area contributed by atoms with Crippen LogP contribution in [0.5, 0.6) is 0 Å². The van der Waals surface area contributed by atoms with Crippen LogP contribution in [0.4, 0.5) is 0 Å². The van der Waals surface area contributed by atoms with Gasteiger partial charge in [0.05, 0.1) is 6.26 Å². The molecule has 0 spiro atoms. The summed E-state index contributed by atoms with van der Waals surface area (Å²) < 4.78 is 25.2. The Balaban J connectivity index is 2.07. The number of carboxylic acids is 1. The summed E-state index contributed by atoms with van der Waals surface area (Å²) in [5.74, 6) is -0.942. The summed E-state index contributed by atoms with van der Waals surface area (Å²) >= 11 is 1.25. The summed E-state index contributed by atoms with van der Waals surface area (Å²) in [5.41, 5.74) is 0.738. The van der Waals surface area contributed by atoms with Crippen molar-refractivity contribution < 1.29 is 18.3 Å². The number of carbonyl (C=O) groups is 1. The van der Waals surface area contributed by atoms with Gasteiger partial charge in [-0.25, -0.2) is 17.9 Å². The first kappa shape index (κ1) is 15.9. The molecule has 0 amide bonds. The molecule has 0 unspecified atom stereocenters. The van der Waals surface area contributed by atoms with E-state index in [-0.39, 0.29) is 6.54 Å². The van der Waals surface area contributed by atoms with Crippen LogP contribution in [0.2, 0.25) is 0 Å². The summed E-state index contributed by atoms with van der Waals surface area (Å²) in [7, 11) is -3.20. The normalized spacial score (nSPS) is 11.9. The third kappa shape index (κ3) is 4.24. The van der Waals surface area contributed by atoms with Crippen LogP contribution in [-0.4, -0.2) is 38.8 Å². The quantitative estimate of drug-likeness (QED) is 0.665. The predicted molar refractivity (Wildman–Crippen MR) is 83.3 cm³/mol. The lowest BCUT2D eigenvalue weighted by atomic mass is 10.1. The molecule has 0 atom stereocenters. The number of rotatable bonds is 7. The number of fused-ring (bicyclic) bond motifs is 1. The smallest absolute Gasteiger partial charge is 0.346 e. The van der Waals surface area contributed by atoms with Gasteiger partial charge < -0.3 is 10.4 Å². The summed E-state index contributed by atoms with van der Waals surface area (Å²) in [6, 6.07) is 7.53. The summed E-state index contributed by atoms with van der Waals surface area (Å²) in [6.07, 6.45) is 1.10. The fraction of sp³-hybridized carbons (Fsp3) is 0.308. The average molecular weight is 328 g/mol. The summed E-state index contributed by atoms with van der Waals surface area (Å²) in [6.45, 7) is 1.08. The van der Waals surface area contributed by atoms with Crippen molar-refractivity contribution >= 4 is 37.4 Å². The zero-order chi connectivity index (χ0) is 15.5. The minimum absolute atomic E-state index is 0.267. The number of nitrogens with one attached hydrogen (secondary N) is 2. The molecule has 21 heavy (non-hydrogen) atoms. The molecule has 1 heterocycles. The van der Waals surface area contributed by atoms with Gasteiger partial charge in [0.25, 0.3) is 0 Å². The molecule has 0 aliphatic carbocycles. The SMILES string of the molecule is CS(=O)(=O)NCCNCc1c(C(=O)O)sc2ccccc12. The molecule has 2 rings (SSSR count). The van der Waals surface area contributed by atoms with Crippen molar-refractivity contribution in [3.05, 3.63) is 34.7 Å². The Morgan fingerprint density at radius 1 is 1.29 bits per heavy atom. The maximum absolute atomic E-state index is 11.3. The first-order chi connectivity index (χ1) is 9.88. The Hall–Kier alpha value is -1.48. The second kappa shape index (κ2) is 6.52. The number of benzene rings is 1. The van der Waals surface area contributed by atoms with Crippen LogP contribution < -0.4 is 10.0 Å². The van der Waals surface area contributed by atoms with Gasteiger partial charge in [-0.3, -0.25) is 0 Å². The van der Waals surface area contributed by atoms with Gasteiger partial charge in [0.15, 0.2) is 0 Å². The van der Waals surface area contributed by atoms with Crippen LogP contribution in [0.3, 0.4) is 0 Å². The second-order valence-electron chi connectivity index (χ2n) is 4.55. The Morgan fingerprint density at radius 3 is 2.67 bits per heavy atom. The second-order valence-corrected chi connectivity index (χ2v) is 7.44. The highest BCUT2D eigenvalue weighted by Crippen LogP contribution is 2.31. The van der Waals surface area contributed by atoms with Crippen LogP contribution in [0.1, 0.15) is 15.2 Å². The number of carboxylic acid groups (broad SMARTS) is 1. The molecule has 8 heteroatoms.